The molecule has 0 saturated carbocycles. The summed E-state index contributed by atoms with van der Waals surface area (Å²) in [7, 11) is -3.56. The molecule has 0 aromatic heterocycles. The molecule has 4 rings (SSSR count). The van der Waals surface area contributed by atoms with Crippen LogP contribution in [0.1, 0.15) is 12.0 Å². The van der Waals surface area contributed by atoms with E-state index in [4.69, 9.17) is 0 Å². The fraction of sp³-hybridized carbons (Fsp3) is 0.300. The predicted octanol–water partition coefficient (Wildman–Crippen LogP) is 1.17. The van der Waals surface area contributed by atoms with Gasteiger partial charge in [0.15, 0.2) is 0 Å². The van der Waals surface area contributed by atoms with E-state index in [2.05, 4.69) is 14.6 Å². The zero-order valence-electron chi connectivity index (χ0n) is 15.8. The van der Waals surface area contributed by atoms with Crippen molar-refractivity contribution in [1.29, 1.82) is 0 Å². The van der Waals surface area contributed by atoms with Crippen LogP contribution in [0, 0.1) is 0 Å². The van der Waals surface area contributed by atoms with Crippen LogP contribution < -0.4 is 9.62 Å². The van der Waals surface area contributed by atoms with Crippen molar-refractivity contribution >= 4 is 27.5 Å². The van der Waals surface area contributed by atoms with Gasteiger partial charge in [-0.05, 0) is 36.4 Å². The van der Waals surface area contributed by atoms with Gasteiger partial charge in [0.05, 0.1) is 11.4 Å². The number of carbonyl (C=O) groups is 1. The molecule has 1 saturated heterocycles. The highest BCUT2D eigenvalue weighted by Gasteiger charge is 2.30. The molecule has 2 N–H and O–H groups in total. The van der Waals surface area contributed by atoms with Crippen LogP contribution >= 0.6 is 0 Å². The molecular formula is C20H22N4O4S. The Kier molecular flexibility index (Phi) is 5.14. The highest BCUT2D eigenvalue weighted by molar-refractivity contribution is 7.90. The molecule has 1 fully saturated rings. The van der Waals surface area contributed by atoms with Gasteiger partial charge in [-0.25, -0.2) is 8.42 Å². The molecule has 2 aliphatic heterocycles. The number of nitrogens with zero attached hydrogens (tertiary/aromatic N) is 3. The van der Waals surface area contributed by atoms with Gasteiger partial charge in [-0.2, -0.15) is 0 Å². The molecule has 0 aliphatic carbocycles. The molecule has 0 spiro atoms. The van der Waals surface area contributed by atoms with E-state index < -0.39 is 10.0 Å². The molecule has 0 bridgehead atoms. The molecule has 152 valence electrons. The number of fused-ring (bicyclic) bond motifs is 1. The fourth-order valence-corrected chi connectivity index (χ4v) is 4.80. The van der Waals surface area contributed by atoms with Gasteiger partial charge in [0, 0.05) is 43.9 Å². The van der Waals surface area contributed by atoms with E-state index in [0.29, 0.717) is 24.5 Å². The van der Waals surface area contributed by atoms with Crippen LogP contribution in [0.3, 0.4) is 0 Å². The quantitative estimate of drug-likeness (QED) is 0.782. The third-order valence-electron chi connectivity index (χ3n) is 5.11. The molecule has 2 aliphatic rings. The van der Waals surface area contributed by atoms with Crippen LogP contribution in [-0.2, 0) is 14.8 Å². The molecule has 29 heavy (non-hydrogen) atoms. The largest absolute Gasteiger partial charge is 0.508 e. The summed E-state index contributed by atoms with van der Waals surface area (Å²) in [5.41, 5.74) is 1.57. The van der Waals surface area contributed by atoms with E-state index in [9.17, 15) is 18.3 Å². The summed E-state index contributed by atoms with van der Waals surface area (Å²) in [6.45, 7) is 2.90. The number of anilines is 1. The van der Waals surface area contributed by atoms with Crippen molar-refractivity contribution in [3.8, 4) is 5.75 Å². The van der Waals surface area contributed by atoms with Crippen LogP contribution in [0.2, 0.25) is 0 Å². The van der Waals surface area contributed by atoms with Crippen molar-refractivity contribution in [3.63, 3.8) is 0 Å². The number of amides is 1. The minimum absolute atomic E-state index is 0.00819. The van der Waals surface area contributed by atoms with Crippen molar-refractivity contribution in [2.24, 2.45) is 4.99 Å². The lowest BCUT2D eigenvalue weighted by Crippen LogP contribution is -2.48. The van der Waals surface area contributed by atoms with Crippen LogP contribution in [-0.4, -0.2) is 62.9 Å². The summed E-state index contributed by atoms with van der Waals surface area (Å²) < 4.78 is 26.6. The van der Waals surface area contributed by atoms with Crippen LogP contribution in [0.5, 0.6) is 5.75 Å². The zero-order chi connectivity index (χ0) is 20.4. The maximum absolute atomic E-state index is 12.5. The third-order valence-corrected chi connectivity index (χ3v) is 6.50. The van der Waals surface area contributed by atoms with E-state index in [1.807, 2.05) is 17.0 Å². The van der Waals surface area contributed by atoms with Gasteiger partial charge < -0.3 is 14.9 Å². The number of carbonyl (C=O) groups excluding carboxylic acids is 1. The van der Waals surface area contributed by atoms with Crippen molar-refractivity contribution in [2.45, 2.75) is 11.3 Å². The third kappa shape index (κ3) is 4.04. The van der Waals surface area contributed by atoms with E-state index in [-0.39, 0.29) is 29.5 Å². The van der Waals surface area contributed by atoms with Crippen LogP contribution in [0.15, 0.2) is 58.4 Å². The highest BCUT2D eigenvalue weighted by atomic mass is 32.2. The summed E-state index contributed by atoms with van der Waals surface area (Å²) in [4.78, 5) is 21.0. The average molecular weight is 414 g/mol. The predicted molar refractivity (Wildman–Crippen MR) is 110 cm³/mol. The summed E-state index contributed by atoms with van der Waals surface area (Å²) in [5.74, 6) is 0.538. The summed E-state index contributed by atoms with van der Waals surface area (Å²) in [6.07, 6.45) is 0.229. The van der Waals surface area contributed by atoms with Crippen molar-refractivity contribution in [3.05, 3.63) is 54.1 Å². The first-order valence-corrected chi connectivity index (χ1v) is 10.9. The second-order valence-corrected chi connectivity index (χ2v) is 8.62. The van der Waals surface area contributed by atoms with E-state index >= 15 is 0 Å². The molecule has 0 radical (unpaired) electrons. The molecule has 1 amide bonds. The van der Waals surface area contributed by atoms with Crippen molar-refractivity contribution in [2.75, 3.05) is 37.6 Å². The van der Waals surface area contributed by atoms with Gasteiger partial charge in [-0.15, -0.1) is 0 Å². The maximum atomic E-state index is 12.5. The van der Waals surface area contributed by atoms with E-state index in [1.54, 1.807) is 36.4 Å². The summed E-state index contributed by atoms with van der Waals surface area (Å²) >= 11 is 0. The number of phenols is 1. The molecule has 2 aromatic carbocycles. The maximum Gasteiger partial charge on any atom is 0.263 e. The van der Waals surface area contributed by atoms with Gasteiger partial charge >= 0.3 is 0 Å². The van der Waals surface area contributed by atoms with Crippen LogP contribution in [0.25, 0.3) is 0 Å². The normalized spacial score (nSPS) is 19.1. The van der Waals surface area contributed by atoms with Gasteiger partial charge in [0.25, 0.3) is 10.0 Å². The number of aromatic hydroxyl groups is 1. The smallest absolute Gasteiger partial charge is 0.263 e. The number of rotatable bonds is 4. The number of hydrogen-bond donors (Lipinski definition) is 2. The number of amidine groups is 1. The van der Waals surface area contributed by atoms with Gasteiger partial charge in [-0.3, -0.25) is 14.5 Å². The molecule has 0 unspecified atom stereocenters. The number of phenolic OH excluding ortho intramolecular Hbond substituents is 1. The van der Waals surface area contributed by atoms with E-state index in [0.717, 1.165) is 18.8 Å². The minimum Gasteiger partial charge on any atom is -0.508 e. The van der Waals surface area contributed by atoms with Gasteiger partial charge in [0.2, 0.25) is 5.91 Å². The lowest BCUT2D eigenvalue weighted by Gasteiger charge is -2.36. The number of hydrogen-bond acceptors (Lipinski definition) is 6. The Morgan fingerprint density at radius 1 is 1.03 bits per heavy atom. The first-order valence-electron chi connectivity index (χ1n) is 9.42. The Balaban J connectivity index is 1.31. The lowest BCUT2D eigenvalue weighted by atomic mass is 10.2. The number of piperazine rings is 1. The topological polar surface area (TPSA) is 102 Å². The molecule has 2 aromatic rings. The Morgan fingerprint density at radius 2 is 1.72 bits per heavy atom. The highest BCUT2D eigenvalue weighted by Crippen LogP contribution is 2.22. The number of nitrogens with one attached hydrogen (secondary N) is 1. The SMILES string of the molecule is O=C(CCN=C1NS(=O)(=O)c2ccccc21)N1CCN(c2ccc(O)cc2)CC1. The number of aliphatic imine (C=N–C) groups is 1. The summed E-state index contributed by atoms with van der Waals surface area (Å²) in [5, 5.41) is 9.39. The van der Waals surface area contributed by atoms with Gasteiger partial charge in [0.1, 0.15) is 11.6 Å². The average Bonchev–Trinajstić information content (AvgIpc) is 2.99. The molecule has 9 heteroatoms. The van der Waals surface area contributed by atoms with Crippen molar-refractivity contribution < 1.29 is 18.3 Å². The lowest BCUT2D eigenvalue weighted by molar-refractivity contribution is -0.131. The Bertz CT molecular complexity index is 1040. The molecular weight excluding hydrogens is 392 g/mol. The summed E-state index contributed by atoms with van der Waals surface area (Å²) in [6, 6.07) is 13.7. The monoisotopic (exact) mass is 414 g/mol. The second-order valence-electron chi connectivity index (χ2n) is 6.97. The number of sulfonamides is 1. The van der Waals surface area contributed by atoms with E-state index in [1.165, 1.54) is 0 Å². The first kappa shape index (κ1) is 19.3. The van der Waals surface area contributed by atoms with Crippen LogP contribution in [0.4, 0.5) is 5.69 Å². The molecule has 0 atom stereocenters. The molecule has 2 heterocycles. The zero-order valence-corrected chi connectivity index (χ0v) is 16.6. The van der Waals surface area contributed by atoms with Crippen molar-refractivity contribution in [1.82, 2.24) is 9.62 Å². The minimum atomic E-state index is -3.56. The Morgan fingerprint density at radius 3 is 2.45 bits per heavy atom. The Labute approximate surface area is 169 Å². The Hall–Kier alpha value is -3.07. The molecule has 8 nitrogen and oxygen atoms in total. The number of benzene rings is 2. The van der Waals surface area contributed by atoms with Gasteiger partial charge in [-0.1, -0.05) is 12.1 Å². The first-order chi connectivity index (χ1) is 13.9. The standard InChI is InChI=1S/C20H22N4O4S/c25-16-7-5-15(6-8-16)23-11-13-24(14-12-23)19(26)9-10-21-20-17-3-1-2-4-18(17)29(27,28)22-20/h1-8,25H,9-14H2,(H,21,22). The fourth-order valence-electron chi connectivity index (χ4n) is 3.55. The second kappa shape index (κ2) is 7.75.